The van der Waals surface area contributed by atoms with Gasteiger partial charge in [0.25, 0.3) is 0 Å². The molecule has 0 aliphatic carbocycles. The molecule has 0 N–H and O–H groups in total. The Labute approximate surface area is 58.9 Å². The fourth-order valence-electron chi connectivity index (χ4n) is 0. The summed E-state index contributed by atoms with van der Waals surface area (Å²) >= 11 is 0. The molecule has 0 heterocycles. The van der Waals surface area contributed by atoms with Gasteiger partial charge in [0.05, 0.1) is 24.7 Å². The maximum atomic E-state index is 9.14. The first-order chi connectivity index (χ1) is 4.00. The normalized spacial score (nSPS) is 7.56. The number of carbonyl (C=O) groups excluding carboxylic acids is 1. The third-order valence-electron chi connectivity index (χ3n) is 0.167. The number of carboxylic acids is 1. The van der Waals surface area contributed by atoms with Crippen LogP contribution in [0, 0.1) is 0 Å². The van der Waals surface area contributed by atoms with Gasteiger partial charge in [0.1, 0.15) is 0 Å². The summed E-state index contributed by atoms with van der Waals surface area (Å²) in [6.45, 7) is 2.90. The molecule has 0 amide bonds. The van der Waals surface area contributed by atoms with Crippen LogP contribution in [0.5, 0.6) is 0 Å². The SMILES string of the molecule is C=CC(=O)[O-].C[S+](C)C. The van der Waals surface area contributed by atoms with Crippen LogP contribution in [0.3, 0.4) is 0 Å². The summed E-state index contributed by atoms with van der Waals surface area (Å²) in [6.07, 6.45) is 7.31. The molecule has 0 spiro atoms. The van der Waals surface area contributed by atoms with Crippen molar-refractivity contribution in [3.63, 3.8) is 0 Å². The molecule has 0 aromatic carbocycles. The molecule has 0 radical (unpaired) electrons. The number of rotatable bonds is 1. The van der Waals surface area contributed by atoms with Crippen LogP contribution in [0.2, 0.25) is 0 Å². The third-order valence-corrected chi connectivity index (χ3v) is 0.167. The lowest BCUT2D eigenvalue weighted by Crippen LogP contribution is -2.17. The van der Waals surface area contributed by atoms with Crippen LogP contribution in [0.25, 0.3) is 0 Å². The van der Waals surface area contributed by atoms with Crippen molar-refractivity contribution in [3.05, 3.63) is 12.7 Å². The standard InChI is InChI=1S/C3H4O2.C3H9S/c1-2-3(4)5;1-4(2)3/h2H,1H2,(H,4,5);1-3H3/q;+1/p-1. The summed E-state index contributed by atoms with van der Waals surface area (Å²) in [6, 6.07) is 0. The van der Waals surface area contributed by atoms with Crippen LogP contribution in [0.15, 0.2) is 12.7 Å². The average molecular weight is 148 g/mol. The second kappa shape index (κ2) is 7.56. The lowest BCUT2D eigenvalue weighted by Gasteiger charge is -1.81. The highest BCUT2D eigenvalue weighted by Crippen LogP contribution is 1.63. The summed E-state index contributed by atoms with van der Waals surface area (Å²) in [4.78, 5) is 9.14. The first kappa shape index (κ1) is 11.4. The number of aliphatic carboxylic acids is 1. The van der Waals surface area contributed by atoms with Crippen LogP contribution in [0.1, 0.15) is 0 Å². The number of hydrogen-bond donors (Lipinski definition) is 0. The zero-order valence-electron chi connectivity index (χ0n) is 6.01. The van der Waals surface area contributed by atoms with Gasteiger partial charge in [-0.25, -0.2) is 0 Å². The molecular weight excluding hydrogens is 136 g/mol. The van der Waals surface area contributed by atoms with Gasteiger partial charge < -0.3 is 9.90 Å². The first-order valence-corrected chi connectivity index (χ1v) is 4.78. The average Bonchev–Trinajstić information content (AvgIpc) is 1.65. The Morgan fingerprint density at radius 2 is 1.67 bits per heavy atom. The van der Waals surface area contributed by atoms with Crippen molar-refractivity contribution in [2.24, 2.45) is 0 Å². The van der Waals surface area contributed by atoms with E-state index in [9.17, 15) is 0 Å². The maximum Gasteiger partial charge on any atom is 0.0969 e. The summed E-state index contributed by atoms with van der Waals surface area (Å²) < 4.78 is 0. The lowest BCUT2D eigenvalue weighted by atomic mass is 10.7. The van der Waals surface area contributed by atoms with E-state index >= 15 is 0 Å². The van der Waals surface area contributed by atoms with Crippen molar-refractivity contribution in [1.29, 1.82) is 0 Å². The van der Waals surface area contributed by atoms with Crippen LogP contribution < -0.4 is 5.11 Å². The molecule has 3 heteroatoms. The highest BCUT2D eigenvalue weighted by molar-refractivity contribution is 7.94. The van der Waals surface area contributed by atoms with E-state index in [-0.39, 0.29) is 0 Å². The zero-order valence-corrected chi connectivity index (χ0v) is 6.83. The molecule has 0 saturated carbocycles. The predicted octanol–water partition coefficient (Wildman–Crippen LogP) is -0.584. The summed E-state index contributed by atoms with van der Waals surface area (Å²) in [7, 11) is 0.639. The van der Waals surface area contributed by atoms with Crippen LogP contribution in [0.4, 0.5) is 0 Å². The molecule has 0 aliphatic rings. The smallest absolute Gasteiger partial charge is 0.0969 e. The van der Waals surface area contributed by atoms with E-state index in [0.29, 0.717) is 10.9 Å². The van der Waals surface area contributed by atoms with Crippen molar-refractivity contribution in [3.8, 4) is 0 Å². The van der Waals surface area contributed by atoms with Gasteiger partial charge in [-0.05, 0) is 17.0 Å². The Balaban J connectivity index is 0. The fourth-order valence-corrected chi connectivity index (χ4v) is 0. The Morgan fingerprint density at radius 3 is 1.67 bits per heavy atom. The summed E-state index contributed by atoms with van der Waals surface area (Å²) in [5.41, 5.74) is 0. The molecule has 0 rings (SSSR count). The van der Waals surface area contributed by atoms with Crippen LogP contribution in [-0.4, -0.2) is 24.7 Å². The molecule has 9 heavy (non-hydrogen) atoms. The van der Waals surface area contributed by atoms with Gasteiger partial charge in [-0.15, -0.1) is 0 Å². The Bertz CT molecular complexity index is 86.3. The molecule has 0 aliphatic heterocycles. The molecule has 54 valence electrons. The molecule has 0 saturated heterocycles. The lowest BCUT2D eigenvalue weighted by molar-refractivity contribution is -0.297. The van der Waals surface area contributed by atoms with Crippen molar-refractivity contribution in [2.75, 3.05) is 18.8 Å². The van der Waals surface area contributed by atoms with Crippen molar-refractivity contribution in [1.82, 2.24) is 0 Å². The first-order valence-electron chi connectivity index (χ1n) is 2.33. The van der Waals surface area contributed by atoms with E-state index in [1.807, 2.05) is 0 Å². The monoisotopic (exact) mass is 148 g/mol. The van der Waals surface area contributed by atoms with Gasteiger partial charge in [0.15, 0.2) is 0 Å². The molecule has 0 atom stereocenters. The Kier molecular flexibility index (Phi) is 9.55. The number of carbonyl (C=O) groups is 1. The summed E-state index contributed by atoms with van der Waals surface area (Å²) in [5.74, 6) is -1.23. The van der Waals surface area contributed by atoms with Crippen LogP contribution in [-0.2, 0) is 15.7 Å². The molecule has 0 unspecified atom stereocenters. The Hall–Kier alpha value is -0.440. The highest BCUT2D eigenvalue weighted by Gasteiger charge is 1.77. The van der Waals surface area contributed by atoms with E-state index < -0.39 is 5.97 Å². The van der Waals surface area contributed by atoms with E-state index in [1.165, 1.54) is 0 Å². The topological polar surface area (TPSA) is 40.1 Å². The quantitative estimate of drug-likeness (QED) is 0.368. The van der Waals surface area contributed by atoms with E-state index in [1.54, 1.807) is 0 Å². The van der Waals surface area contributed by atoms with Crippen molar-refractivity contribution in [2.45, 2.75) is 0 Å². The van der Waals surface area contributed by atoms with Gasteiger partial charge in [0, 0.05) is 0 Å². The maximum absolute atomic E-state index is 9.14. The zero-order chi connectivity index (χ0) is 7.86. The second-order valence-electron chi connectivity index (χ2n) is 1.75. The molecule has 2 nitrogen and oxygen atoms in total. The minimum atomic E-state index is -1.23. The van der Waals surface area contributed by atoms with E-state index in [0.717, 1.165) is 6.08 Å². The molecule has 0 aromatic heterocycles. The number of hydrogen-bond acceptors (Lipinski definition) is 2. The fraction of sp³-hybridized carbons (Fsp3) is 0.500. The van der Waals surface area contributed by atoms with E-state index in [4.69, 9.17) is 9.90 Å². The van der Waals surface area contributed by atoms with Crippen LogP contribution >= 0.6 is 0 Å². The summed E-state index contributed by atoms with van der Waals surface area (Å²) in [5, 5.41) is 9.14. The third kappa shape index (κ3) is 96.0. The molecule has 0 bridgehead atoms. The van der Waals surface area contributed by atoms with Gasteiger partial charge >= 0.3 is 0 Å². The van der Waals surface area contributed by atoms with Gasteiger partial charge in [-0.2, -0.15) is 0 Å². The van der Waals surface area contributed by atoms with Crippen molar-refractivity contribution < 1.29 is 9.90 Å². The highest BCUT2D eigenvalue weighted by atomic mass is 32.2. The van der Waals surface area contributed by atoms with E-state index in [2.05, 4.69) is 25.3 Å². The minimum Gasteiger partial charge on any atom is -0.545 e. The number of carboxylic acid groups (broad SMARTS) is 1. The van der Waals surface area contributed by atoms with Gasteiger partial charge in [0.2, 0.25) is 0 Å². The van der Waals surface area contributed by atoms with Gasteiger partial charge in [-0.3, -0.25) is 0 Å². The molecular formula is C6H12O2S. The minimum absolute atomic E-state index is 0.639. The Morgan fingerprint density at radius 1 is 1.56 bits per heavy atom. The van der Waals surface area contributed by atoms with Crippen molar-refractivity contribution >= 4 is 16.9 Å². The largest absolute Gasteiger partial charge is 0.545 e. The second-order valence-corrected chi connectivity index (χ2v) is 4.20. The van der Waals surface area contributed by atoms with Gasteiger partial charge in [-0.1, -0.05) is 6.58 Å². The molecule has 0 fully saturated rings. The predicted molar refractivity (Wildman–Crippen MR) is 40.3 cm³/mol. The molecule has 0 aromatic rings.